The van der Waals surface area contributed by atoms with Gasteiger partial charge in [-0.25, -0.2) is 0 Å². The zero-order valence-corrected chi connectivity index (χ0v) is 17.9. The molecule has 1 heteroatoms. The number of rotatable bonds is 3. The van der Waals surface area contributed by atoms with Gasteiger partial charge in [0, 0.05) is 17.1 Å². The van der Waals surface area contributed by atoms with Crippen molar-refractivity contribution in [2.75, 3.05) is 4.90 Å². The third-order valence-electron chi connectivity index (χ3n) is 5.68. The molecule has 142 valence electrons. The van der Waals surface area contributed by atoms with Crippen LogP contribution in [0.5, 0.6) is 0 Å². The first-order valence-corrected chi connectivity index (χ1v) is 9.99. The molecule has 0 radical (unpaired) electrons. The van der Waals surface area contributed by atoms with E-state index in [-0.39, 0.29) is 5.41 Å². The summed E-state index contributed by atoms with van der Waals surface area (Å²) in [4.78, 5) is 2.43. The van der Waals surface area contributed by atoms with E-state index in [0.717, 1.165) is 6.42 Å². The molecule has 0 amide bonds. The average Bonchev–Trinajstić information content (AvgIpc) is 2.59. The molecule has 2 aromatic carbocycles. The maximum atomic E-state index is 2.48. The second-order valence-corrected chi connectivity index (χ2v) is 9.16. The SMILES string of the molecule is CC1=CC(C(C)(C)C)CC(C)=C1N(c1ccc(C)cc1)c1ccc(C)cc1. The van der Waals surface area contributed by atoms with E-state index in [1.54, 1.807) is 0 Å². The van der Waals surface area contributed by atoms with Crippen molar-refractivity contribution in [3.05, 3.63) is 82.6 Å². The van der Waals surface area contributed by atoms with Crippen LogP contribution in [0.2, 0.25) is 0 Å². The van der Waals surface area contributed by atoms with Gasteiger partial charge in [-0.2, -0.15) is 0 Å². The Morgan fingerprint density at radius 2 is 1.19 bits per heavy atom. The Kier molecular flexibility index (Phi) is 5.33. The maximum absolute atomic E-state index is 2.48. The number of nitrogens with zero attached hydrogens (tertiary/aromatic N) is 1. The molecule has 2 aromatic rings. The molecule has 0 aliphatic heterocycles. The second kappa shape index (κ2) is 7.38. The summed E-state index contributed by atoms with van der Waals surface area (Å²) in [7, 11) is 0. The number of hydrogen-bond acceptors (Lipinski definition) is 1. The lowest BCUT2D eigenvalue weighted by molar-refractivity contribution is 0.287. The Bertz CT molecular complexity index is 812. The standard InChI is InChI=1S/C26H33N/c1-18-8-12-23(13-9-18)27(24-14-10-19(2)11-15-24)25-20(3)16-22(17-21(25)4)26(5,6)7/h8-16,22H,17H2,1-7H3. The average molecular weight is 360 g/mol. The Morgan fingerprint density at radius 3 is 1.56 bits per heavy atom. The summed E-state index contributed by atoms with van der Waals surface area (Å²) in [6, 6.07) is 17.7. The number of aryl methyl sites for hydroxylation is 2. The van der Waals surface area contributed by atoms with Gasteiger partial charge >= 0.3 is 0 Å². The van der Waals surface area contributed by atoms with Crippen LogP contribution in [-0.2, 0) is 0 Å². The Labute approximate surface area is 165 Å². The van der Waals surface area contributed by atoms with Gasteiger partial charge in [0.1, 0.15) is 0 Å². The summed E-state index contributed by atoms with van der Waals surface area (Å²) in [6.07, 6.45) is 3.60. The highest BCUT2D eigenvalue weighted by Gasteiger charge is 2.30. The fourth-order valence-corrected chi connectivity index (χ4v) is 3.92. The van der Waals surface area contributed by atoms with Crippen molar-refractivity contribution in [1.82, 2.24) is 0 Å². The first kappa shape index (κ1) is 19.5. The smallest absolute Gasteiger partial charge is 0.0477 e. The highest BCUT2D eigenvalue weighted by molar-refractivity contribution is 5.72. The van der Waals surface area contributed by atoms with Gasteiger partial charge in [-0.05, 0) is 80.9 Å². The summed E-state index contributed by atoms with van der Waals surface area (Å²) in [6.45, 7) is 15.9. The minimum absolute atomic E-state index is 0.284. The molecule has 0 bridgehead atoms. The fourth-order valence-electron chi connectivity index (χ4n) is 3.92. The molecular weight excluding hydrogens is 326 g/mol. The molecular formula is C26H33N. The van der Waals surface area contributed by atoms with Gasteiger partial charge in [0.25, 0.3) is 0 Å². The van der Waals surface area contributed by atoms with Crippen molar-refractivity contribution < 1.29 is 0 Å². The van der Waals surface area contributed by atoms with Gasteiger partial charge in [0.05, 0.1) is 0 Å². The summed E-state index contributed by atoms with van der Waals surface area (Å²) in [5.41, 5.74) is 9.50. The van der Waals surface area contributed by atoms with Crippen molar-refractivity contribution >= 4 is 11.4 Å². The molecule has 1 aliphatic rings. The summed E-state index contributed by atoms with van der Waals surface area (Å²) >= 11 is 0. The minimum atomic E-state index is 0.284. The molecule has 3 rings (SSSR count). The molecule has 1 aliphatic carbocycles. The third kappa shape index (κ3) is 4.18. The number of allylic oxidation sites excluding steroid dienone is 3. The Balaban J connectivity index is 2.12. The second-order valence-electron chi connectivity index (χ2n) is 9.16. The van der Waals surface area contributed by atoms with E-state index in [1.807, 2.05) is 0 Å². The van der Waals surface area contributed by atoms with Crippen molar-refractivity contribution in [3.8, 4) is 0 Å². The molecule has 27 heavy (non-hydrogen) atoms. The van der Waals surface area contributed by atoms with E-state index in [9.17, 15) is 0 Å². The summed E-state index contributed by atoms with van der Waals surface area (Å²) in [5.74, 6) is 0.583. The lowest BCUT2D eigenvalue weighted by Gasteiger charge is -2.37. The lowest BCUT2D eigenvalue weighted by atomic mass is 9.73. The van der Waals surface area contributed by atoms with Crippen molar-refractivity contribution in [3.63, 3.8) is 0 Å². The van der Waals surface area contributed by atoms with Gasteiger partial charge in [0.2, 0.25) is 0 Å². The largest absolute Gasteiger partial charge is 0.310 e. The van der Waals surface area contributed by atoms with E-state index in [4.69, 9.17) is 0 Å². The quantitative estimate of drug-likeness (QED) is 0.542. The highest BCUT2D eigenvalue weighted by atomic mass is 15.2. The third-order valence-corrected chi connectivity index (χ3v) is 5.68. The van der Waals surface area contributed by atoms with E-state index in [1.165, 1.54) is 39.3 Å². The van der Waals surface area contributed by atoms with Gasteiger partial charge in [-0.3, -0.25) is 0 Å². The van der Waals surface area contributed by atoms with Crippen molar-refractivity contribution in [2.45, 2.75) is 54.9 Å². The number of benzene rings is 2. The van der Waals surface area contributed by atoms with Crippen LogP contribution in [0, 0.1) is 25.2 Å². The molecule has 0 spiro atoms. The minimum Gasteiger partial charge on any atom is -0.310 e. The molecule has 1 nitrogen and oxygen atoms in total. The highest BCUT2D eigenvalue weighted by Crippen LogP contribution is 2.43. The normalized spacial score (nSPS) is 17.7. The fraction of sp³-hybridized carbons (Fsp3) is 0.385. The van der Waals surface area contributed by atoms with Crippen molar-refractivity contribution in [1.29, 1.82) is 0 Å². The number of hydrogen-bond donors (Lipinski definition) is 0. The zero-order chi connectivity index (χ0) is 19.8. The lowest BCUT2D eigenvalue weighted by Crippen LogP contribution is -2.27. The molecule has 0 heterocycles. The molecule has 0 fully saturated rings. The molecule has 0 saturated heterocycles. The topological polar surface area (TPSA) is 3.24 Å². The van der Waals surface area contributed by atoms with Gasteiger partial charge < -0.3 is 4.90 Å². The van der Waals surface area contributed by atoms with Crippen LogP contribution in [-0.4, -0.2) is 0 Å². The van der Waals surface area contributed by atoms with Crippen molar-refractivity contribution in [2.24, 2.45) is 11.3 Å². The Hall–Kier alpha value is -2.28. The summed E-state index contributed by atoms with van der Waals surface area (Å²) in [5, 5.41) is 0. The van der Waals surface area contributed by atoms with Crippen LogP contribution in [0.15, 0.2) is 71.5 Å². The molecule has 0 aromatic heterocycles. The first-order chi connectivity index (χ1) is 12.7. The van der Waals surface area contributed by atoms with Gasteiger partial charge in [-0.15, -0.1) is 0 Å². The van der Waals surface area contributed by atoms with E-state index in [2.05, 4.69) is 108 Å². The maximum Gasteiger partial charge on any atom is 0.0477 e. The predicted octanol–water partition coefficient (Wildman–Crippen LogP) is 7.73. The Morgan fingerprint density at radius 1 is 0.741 bits per heavy atom. The van der Waals surface area contributed by atoms with Gasteiger partial charge in [0.15, 0.2) is 0 Å². The van der Waals surface area contributed by atoms with E-state index >= 15 is 0 Å². The van der Waals surface area contributed by atoms with Gasteiger partial charge in [-0.1, -0.05) is 62.2 Å². The van der Waals surface area contributed by atoms with E-state index < -0.39 is 0 Å². The molecule has 0 N–H and O–H groups in total. The van der Waals surface area contributed by atoms with Crippen LogP contribution < -0.4 is 4.90 Å². The monoisotopic (exact) mass is 359 g/mol. The van der Waals surface area contributed by atoms with Crippen LogP contribution in [0.1, 0.15) is 52.2 Å². The van der Waals surface area contributed by atoms with Crippen LogP contribution in [0.4, 0.5) is 11.4 Å². The summed E-state index contributed by atoms with van der Waals surface area (Å²) < 4.78 is 0. The first-order valence-electron chi connectivity index (χ1n) is 9.99. The molecule has 1 atom stereocenters. The van der Waals surface area contributed by atoms with Crippen LogP contribution in [0.3, 0.4) is 0 Å². The molecule has 0 saturated carbocycles. The zero-order valence-electron chi connectivity index (χ0n) is 17.9. The van der Waals surface area contributed by atoms with Crippen LogP contribution in [0.25, 0.3) is 0 Å². The molecule has 1 unspecified atom stereocenters. The van der Waals surface area contributed by atoms with E-state index in [0.29, 0.717) is 5.92 Å². The van der Waals surface area contributed by atoms with Crippen LogP contribution >= 0.6 is 0 Å². The number of anilines is 2. The predicted molar refractivity (Wildman–Crippen MR) is 119 cm³/mol.